The van der Waals surface area contributed by atoms with Crippen LogP contribution in [-0.4, -0.2) is 15.1 Å². The highest BCUT2D eigenvalue weighted by Crippen LogP contribution is 2.30. The van der Waals surface area contributed by atoms with Crippen molar-refractivity contribution in [1.82, 2.24) is 10.1 Å². The van der Waals surface area contributed by atoms with E-state index in [1.165, 1.54) is 18.2 Å². The summed E-state index contributed by atoms with van der Waals surface area (Å²) in [5.41, 5.74) is -0.210. The second kappa shape index (κ2) is 5.01. The van der Waals surface area contributed by atoms with Gasteiger partial charge in [0.25, 0.3) is 5.89 Å². The normalized spacial score (nSPS) is 10.3. The third-order valence-electron chi connectivity index (χ3n) is 2.04. The number of aryl methyl sites for hydroxylation is 1. The summed E-state index contributed by atoms with van der Waals surface area (Å²) in [4.78, 5) is 14.2. The summed E-state index contributed by atoms with van der Waals surface area (Å²) < 4.78 is 10.1. The second-order valence-corrected chi connectivity index (χ2v) is 3.83. The lowest BCUT2D eigenvalue weighted by Crippen LogP contribution is -1.99. The molecule has 0 bridgehead atoms. The van der Waals surface area contributed by atoms with E-state index in [-0.39, 0.29) is 29.0 Å². The Kier molecular flexibility index (Phi) is 3.42. The third kappa shape index (κ3) is 2.75. The maximum absolute atomic E-state index is 10.8. The highest BCUT2D eigenvalue weighted by atomic mass is 35.5. The van der Waals surface area contributed by atoms with Crippen LogP contribution >= 0.6 is 11.6 Å². The molecule has 0 N–H and O–H groups in total. The average Bonchev–Trinajstić information content (AvgIpc) is 2.73. The summed E-state index contributed by atoms with van der Waals surface area (Å²) in [6.45, 7) is 1.63. The number of hydrogen-bond donors (Lipinski definition) is 0. The van der Waals surface area contributed by atoms with Gasteiger partial charge < -0.3 is 9.26 Å². The number of hydrogen-bond acceptors (Lipinski definition) is 6. The Morgan fingerprint density at radius 2 is 2.33 bits per heavy atom. The molecule has 0 fully saturated rings. The van der Waals surface area contributed by atoms with Crippen molar-refractivity contribution in [2.45, 2.75) is 13.5 Å². The van der Waals surface area contributed by atoms with Crippen LogP contribution < -0.4 is 4.74 Å². The van der Waals surface area contributed by atoms with Crippen molar-refractivity contribution in [1.29, 1.82) is 0 Å². The molecule has 7 nitrogen and oxygen atoms in total. The first-order valence-electron chi connectivity index (χ1n) is 4.92. The topological polar surface area (TPSA) is 91.3 Å². The summed E-state index contributed by atoms with van der Waals surface area (Å²) in [5.74, 6) is 0.816. The van der Waals surface area contributed by atoms with Gasteiger partial charge in [0.2, 0.25) is 0 Å². The van der Waals surface area contributed by atoms with Gasteiger partial charge in [0.05, 0.1) is 4.92 Å². The van der Waals surface area contributed by atoms with Gasteiger partial charge in [-0.1, -0.05) is 16.8 Å². The largest absolute Gasteiger partial charge is 0.477 e. The van der Waals surface area contributed by atoms with Gasteiger partial charge in [0.1, 0.15) is 0 Å². The molecule has 2 rings (SSSR count). The van der Waals surface area contributed by atoms with Crippen molar-refractivity contribution in [2.24, 2.45) is 0 Å². The first-order chi connectivity index (χ1) is 8.56. The fourth-order valence-corrected chi connectivity index (χ4v) is 1.46. The molecule has 0 radical (unpaired) electrons. The highest BCUT2D eigenvalue weighted by molar-refractivity contribution is 6.30. The van der Waals surface area contributed by atoms with Crippen molar-refractivity contribution < 1.29 is 14.2 Å². The molecule has 2 aromatic rings. The van der Waals surface area contributed by atoms with E-state index in [2.05, 4.69) is 10.1 Å². The molecule has 0 saturated heterocycles. The smallest absolute Gasteiger partial charge is 0.312 e. The van der Waals surface area contributed by atoms with Gasteiger partial charge in [-0.2, -0.15) is 4.98 Å². The maximum Gasteiger partial charge on any atom is 0.312 e. The van der Waals surface area contributed by atoms with E-state index in [9.17, 15) is 10.1 Å². The number of nitrogens with zero attached hydrogens (tertiary/aromatic N) is 3. The Labute approximate surface area is 106 Å². The molecule has 0 aliphatic carbocycles. The number of aromatic nitrogens is 2. The molecule has 0 amide bonds. The van der Waals surface area contributed by atoms with Crippen LogP contribution in [-0.2, 0) is 6.61 Å². The van der Waals surface area contributed by atoms with Gasteiger partial charge >= 0.3 is 5.69 Å². The lowest BCUT2D eigenvalue weighted by Gasteiger charge is -2.04. The van der Waals surface area contributed by atoms with Crippen molar-refractivity contribution in [3.63, 3.8) is 0 Å². The number of benzene rings is 1. The molecule has 0 aliphatic rings. The van der Waals surface area contributed by atoms with Crippen molar-refractivity contribution >= 4 is 17.3 Å². The monoisotopic (exact) mass is 269 g/mol. The molecule has 0 unspecified atom stereocenters. The minimum Gasteiger partial charge on any atom is -0.477 e. The van der Waals surface area contributed by atoms with Gasteiger partial charge in [-0.3, -0.25) is 10.1 Å². The second-order valence-electron chi connectivity index (χ2n) is 3.39. The van der Waals surface area contributed by atoms with E-state index in [1.807, 2.05) is 0 Å². The Balaban J connectivity index is 2.16. The van der Waals surface area contributed by atoms with Crippen LogP contribution in [0.4, 0.5) is 5.69 Å². The molecule has 0 aliphatic heterocycles. The van der Waals surface area contributed by atoms with Crippen molar-refractivity contribution in [2.75, 3.05) is 0 Å². The minimum atomic E-state index is -0.569. The van der Waals surface area contributed by atoms with Crippen LogP contribution in [0.2, 0.25) is 5.02 Å². The molecule has 0 atom stereocenters. The van der Waals surface area contributed by atoms with Crippen LogP contribution in [0.1, 0.15) is 11.7 Å². The zero-order chi connectivity index (χ0) is 13.1. The van der Waals surface area contributed by atoms with Crippen LogP contribution in [0.5, 0.6) is 5.75 Å². The molecule has 0 spiro atoms. The highest BCUT2D eigenvalue weighted by Gasteiger charge is 2.16. The van der Waals surface area contributed by atoms with Crippen LogP contribution in [0.25, 0.3) is 0 Å². The molecular weight excluding hydrogens is 262 g/mol. The predicted octanol–water partition coefficient (Wildman–Crippen LogP) is 2.52. The Morgan fingerprint density at radius 3 is 2.94 bits per heavy atom. The number of rotatable bonds is 4. The standard InChI is InChI=1S/C10H8ClN3O4/c1-6-12-10(18-13-6)5-17-9-3-2-7(11)4-8(9)14(15)16/h2-4H,5H2,1H3. The van der Waals surface area contributed by atoms with Crippen molar-refractivity contribution in [3.05, 3.63) is 45.1 Å². The van der Waals surface area contributed by atoms with E-state index in [1.54, 1.807) is 6.92 Å². The number of ether oxygens (including phenoxy) is 1. The molecule has 1 aromatic heterocycles. The summed E-state index contributed by atoms with van der Waals surface area (Å²) in [6, 6.07) is 4.14. The lowest BCUT2D eigenvalue weighted by atomic mass is 10.3. The first kappa shape index (κ1) is 12.3. The quantitative estimate of drug-likeness (QED) is 0.625. The van der Waals surface area contributed by atoms with Gasteiger partial charge in [0, 0.05) is 11.1 Å². The molecule has 8 heteroatoms. The Bertz CT molecular complexity index is 584. The van der Waals surface area contributed by atoms with Crippen molar-refractivity contribution in [3.8, 4) is 5.75 Å². The molecular formula is C10H8ClN3O4. The van der Waals surface area contributed by atoms with Gasteiger partial charge in [-0.05, 0) is 19.1 Å². The predicted molar refractivity (Wildman–Crippen MR) is 61.5 cm³/mol. The van der Waals surface area contributed by atoms with E-state index >= 15 is 0 Å². The first-order valence-corrected chi connectivity index (χ1v) is 5.30. The summed E-state index contributed by atoms with van der Waals surface area (Å²) in [7, 11) is 0. The summed E-state index contributed by atoms with van der Waals surface area (Å²) in [5, 5.41) is 14.7. The van der Waals surface area contributed by atoms with E-state index < -0.39 is 4.92 Å². The van der Waals surface area contributed by atoms with Crippen LogP contribution in [0.3, 0.4) is 0 Å². The maximum atomic E-state index is 10.8. The van der Waals surface area contributed by atoms with Gasteiger partial charge in [-0.25, -0.2) is 0 Å². The molecule has 1 heterocycles. The Morgan fingerprint density at radius 1 is 1.56 bits per heavy atom. The zero-order valence-corrected chi connectivity index (χ0v) is 10.0. The molecule has 18 heavy (non-hydrogen) atoms. The Hall–Kier alpha value is -2.15. The molecule has 94 valence electrons. The molecule has 1 aromatic carbocycles. The summed E-state index contributed by atoms with van der Waals surface area (Å²) in [6.07, 6.45) is 0. The summed E-state index contributed by atoms with van der Waals surface area (Å²) >= 11 is 5.68. The fraction of sp³-hybridized carbons (Fsp3) is 0.200. The average molecular weight is 270 g/mol. The van der Waals surface area contributed by atoms with E-state index in [0.29, 0.717) is 5.82 Å². The number of nitro groups is 1. The van der Waals surface area contributed by atoms with Gasteiger partial charge in [0.15, 0.2) is 18.2 Å². The van der Waals surface area contributed by atoms with Crippen LogP contribution in [0, 0.1) is 17.0 Å². The van der Waals surface area contributed by atoms with E-state index in [0.717, 1.165) is 0 Å². The third-order valence-corrected chi connectivity index (χ3v) is 2.27. The van der Waals surface area contributed by atoms with Crippen LogP contribution in [0.15, 0.2) is 22.7 Å². The lowest BCUT2D eigenvalue weighted by molar-refractivity contribution is -0.385. The zero-order valence-electron chi connectivity index (χ0n) is 9.29. The number of halogens is 1. The minimum absolute atomic E-state index is 0.0384. The molecule has 0 saturated carbocycles. The van der Waals surface area contributed by atoms with E-state index in [4.69, 9.17) is 20.9 Å². The number of nitro benzene ring substituents is 1. The van der Waals surface area contributed by atoms with Gasteiger partial charge in [-0.15, -0.1) is 0 Å². The fourth-order valence-electron chi connectivity index (χ4n) is 1.29. The SMILES string of the molecule is Cc1noc(COc2ccc(Cl)cc2[N+](=O)[O-])n1.